The molecule has 2 nitrogen and oxygen atoms in total. The normalized spacial score (nSPS) is 16.6. The van der Waals surface area contributed by atoms with Crippen LogP contribution in [-0.2, 0) is 0 Å². The third-order valence-corrected chi connectivity index (χ3v) is 3.53. The van der Waals surface area contributed by atoms with Gasteiger partial charge in [0.25, 0.3) is 0 Å². The van der Waals surface area contributed by atoms with Crippen molar-refractivity contribution in [3.8, 4) is 0 Å². The second kappa shape index (κ2) is 6.86. The maximum absolute atomic E-state index is 13.3. The van der Waals surface area contributed by atoms with E-state index in [1.54, 1.807) is 12.1 Å². The topological polar surface area (TPSA) is 29.3 Å². The second-order valence-corrected chi connectivity index (χ2v) is 5.16. The van der Waals surface area contributed by atoms with E-state index in [2.05, 4.69) is 25.8 Å². The lowest BCUT2D eigenvalue weighted by atomic mass is 9.97. The van der Waals surface area contributed by atoms with Crippen molar-refractivity contribution in [3.63, 3.8) is 0 Å². The van der Waals surface area contributed by atoms with Crippen LogP contribution in [0.25, 0.3) is 0 Å². The van der Waals surface area contributed by atoms with Gasteiger partial charge in [0.15, 0.2) is 0 Å². The van der Waals surface area contributed by atoms with Crippen LogP contribution in [0.5, 0.6) is 0 Å². The molecule has 18 heavy (non-hydrogen) atoms. The van der Waals surface area contributed by atoms with Gasteiger partial charge < -0.3 is 5.73 Å². The summed E-state index contributed by atoms with van der Waals surface area (Å²) in [4.78, 5) is 2.25. The molecule has 102 valence electrons. The van der Waals surface area contributed by atoms with E-state index in [4.69, 9.17) is 5.73 Å². The molecule has 0 spiro atoms. The highest BCUT2D eigenvalue weighted by molar-refractivity contribution is 5.21. The molecule has 0 aliphatic rings. The number of rotatable bonds is 6. The SMILES string of the molecule is CCCC(C)N(C)C(c1cccc(F)c1)C(C)N. The molecular weight excluding hydrogens is 227 g/mol. The molecule has 0 aliphatic heterocycles. The fourth-order valence-electron chi connectivity index (χ4n) is 2.50. The summed E-state index contributed by atoms with van der Waals surface area (Å²) >= 11 is 0. The lowest BCUT2D eigenvalue weighted by Crippen LogP contribution is -2.41. The minimum atomic E-state index is -0.199. The van der Waals surface area contributed by atoms with Crippen molar-refractivity contribution in [1.82, 2.24) is 4.90 Å². The molecule has 0 aromatic heterocycles. The summed E-state index contributed by atoms with van der Waals surface area (Å²) in [6.45, 7) is 6.34. The van der Waals surface area contributed by atoms with Gasteiger partial charge in [-0.1, -0.05) is 25.5 Å². The largest absolute Gasteiger partial charge is 0.326 e. The molecule has 0 saturated heterocycles. The van der Waals surface area contributed by atoms with E-state index >= 15 is 0 Å². The van der Waals surface area contributed by atoms with E-state index in [1.807, 2.05) is 13.0 Å². The summed E-state index contributed by atoms with van der Waals surface area (Å²) in [6.07, 6.45) is 2.26. The Morgan fingerprint density at radius 1 is 1.33 bits per heavy atom. The summed E-state index contributed by atoms with van der Waals surface area (Å²) < 4.78 is 13.3. The van der Waals surface area contributed by atoms with Gasteiger partial charge in [-0.15, -0.1) is 0 Å². The maximum Gasteiger partial charge on any atom is 0.123 e. The number of halogens is 1. The molecule has 0 heterocycles. The molecular formula is C15H25FN2. The van der Waals surface area contributed by atoms with Crippen molar-refractivity contribution >= 4 is 0 Å². The number of hydrogen-bond acceptors (Lipinski definition) is 2. The number of nitrogens with two attached hydrogens (primary N) is 1. The molecule has 0 bridgehead atoms. The van der Waals surface area contributed by atoms with Crippen LogP contribution in [-0.4, -0.2) is 24.0 Å². The van der Waals surface area contributed by atoms with Crippen LogP contribution in [0.3, 0.4) is 0 Å². The van der Waals surface area contributed by atoms with Gasteiger partial charge in [0.1, 0.15) is 5.82 Å². The first kappa shape index (κ1) is 15.1. The maximum atomic E-state index is 13.3. The summed E-state index contributed by atoms with van der Waals surface area (Å²) in [7, 11) is 2.07. The lowest BCUT2D eigenvalue weighted by molar-refractivity contribution is 0.157. The van der Waals surface area contributed by atoms with Crippen LogP contribution in [0.1, 0.15) is 45.2 Å². The first-order valence-electron chi connectivity index (χ1n) is 6.70. The van der Waals surface area contributed by atoms with Crippen molar-refractivity contribution in [1.29, 1.82) is 0 Å². The number of likely N-dealkylation sites (N-methyl/N-ethyl adjacent to an activating group) is 1. The quantitative estimate of drug-likeness (QED) is 0.841. The molecule has 3 heteroatoms. The third-order valence-electron chi connectivity index (χ3n) is 3.53. The zero-order valence-electron chi connectivity index (χ0n) is 11.9. The predicted octanol–water partition coefficient (Wildman–Crippen LogP) is 3.33. The number of hydrogen-bond donors (Lipinski definition) is 1. The predicted molar refractivity (Wildman–Crippen MR) is 74.9 cm³/mol. The van der Waals surface area contributed by atoms with E-state index in [9.17, 15) is 4.39 Å². The Labute approximate surface area is 110 Å². The smallest absolute Gasteiger partial charge is 0.123 e. The average molecular weight is 252 g/mol. The van der Waals surface area contributed by atoms with Gasteiger partial charge in [-0.05, 0) is 45.0 Å². The summed E-state index contributed by atoms with van der Waals surface area (Å²) in [5.41, 5.74) is 7.04. The number of nitrogens with zero attached hydrogens (tertiary/aromatic N) is 1. The Balaban J connectivity index is 2.95. The van der Waals surface area contributed by atoms with Gasteiger partial charge in [-0.2, -0.15) is 0 Å². The molecule has 1 rings (SSSR count). The molecule has 3 atom stereocenters. The van der Waals surface area contributed by atoms with Gasteiger partial charge in [0.05, 0.1) is 0 Å². The lowest BCUT2D eigenvalue weighted by Gasteiger charge is -2.36. The van der Waals surface area contributed by atoms with Crippen molar-refractivity contribution in [2.24, 2.45) is 5.73 Å². The van der Waals surface area contributed by atoms with Crippen LogP contribution in [0.2, 0.25) is 0 Å². The Morgan fingerprint density at radius 2 is 2.00 bits per heavy atom. The minimum absolute atomic E-state index is 0.0314. The van der Waals surface area contributed by atoms with Crippen molar-refractivity contribution < 1.29 is 4.39 Å². The van der Waals surface area contributed by atoms with Crippen LogP contribution in [0.15, 0.2) is 24.3 Å². The Hall–Kier alpha value is -0.930. The Morgan fingerprint density at radius 3 is 2.50 bits per heavy atom. The molecule has 0 radical (unpaired) electrons. The van der Waals surface area contributed by atoms with E-state index < -0.39 is 0 Å². The van der Waals surface area contributed by atoms with Gasteiger partial charge in [-0.3, -0.25) is 4.90 Å². The van der Waals surface area contributed by atoms with Crippen LogP contribution in [0, 0.1) is 5.82 Å². The zero-order valence-corrected chi connectivity index (χ0v) is 11.9. The van der Waals surface area contributed by atoms with Crippen LogP contribution >= 0.6 is 0 Å². The monoisotopic (exact) mass is 252 g/mol. The molecule has 2 N–H and O–H groups in total. The van der Waals surface area contributed by atoms with E-state index in [0.29, 0.717) is 6.04 Å². The fraction of sp³-hybridized carbons (Fsp3) is 0.600. The van der Waals surface area contributed by atoms with Crippen molar-refractivity contribution in [2.45, 2.75) is 51.7 Å². The minimum Gasteiger partial charge on any atom is -0.326 e. The van der Waals surface area contributed by atoms with Gasteiger partial charge >= 0.3 is 0 Å². The van der Waals surface area contributed by atoms with E-state index in [0.717, 1.165) is 18.4 Å². The summed E-state index contributed by atoms with van der Waals surface area (Å²) in [5.74, 6) is -0.199. The van der Waals surface area contributed by atoms with Gasteiger partial charge in [0.2, 0.25) is 0 Å². The first-order chi connectivity index (χ1) is 8.47. The van der Waals surface area contributed by atoms with Crippen LogP contribution in [0.4, 0.5) is 4.39 Å². The second-order valence-electron chi connectivity index (χ2n) is 5.16. The van der Waals surface area contributed by atoms with E-state index in [-0.39, 0.29) is 17.9 Å². The number of benzene rings is 1. The summed E-state index contributed by atoms with van der Waals surface area (Å²) in [5, 5.41) is 0. The fourth-order valence-corrected chi connectivity index (χ4v) is 2.50. The molecule has 0 fully saturated rings. The van der Waals surface area contributed by atoms with E-state index in [1.165, 1.54) is 6.07 Å². The standard InChI is InChI=1S/C15H25FN2/c1-5-7-11(2)18(4)15(12(3)17)13-8-6-9-14(16)10-13/h6,8-12,15H,5,7,17H2,1-4H3. The molecule has 1 aromatic carbocycles. The summed E-state index contributed by atoms with van der Waals surface area (Å²) in [6, 6.07) is 7.22. The highest BCUT2D eigenvalue weighted by Gasteiger charge is 2.24. The van der Waals surface area contributed by atoms with Gasteiger partial charge in [0, 0.05) is 18.1 Å². The molecule has 0 amide bonds. The van der Waals surface area contributed by atoms with Gasteiger partial charge in [-0.25, -0.2) is 4.39 Å². The third kappa shape index (κ3) is 3.79. The first-order valence-corrected chi connectivity index (χ1v) is 6.70. The highest BCUT2D eigenvalue weighted by Crippen LogP contribution is 2.25. The molecule has 0 aliphatic carbocycles. The molecule has 1 aromatic rings. The van der Waals surface area contributed by atoms with Crippen LogP contribution < -0.4 is 5.73 Å². The molecule has 0 saturated carbocycles. The highest BCUT2D eigenvalue weighted by atomic mass is 19.1. The molecule has 3 unspecified atom stereocenters. The van der Waals surface area contributed by atoms with Crippen molar-refractivity contribution in [2.75, 3.05) is 7.05 Å². The average Bonchev–Trinajstić information content (AvgIpc) is 2.29. The Bertz CT molecular complexity index is 365. The van der Waals surface area contributed by atoms with Crippen molar-refractivity contribution in [3.05, 3.63) is 35.6 Å². The Kier molecular flexibility index (Phi) is 5.76. The zero-order chi connectivity index (χ0) is 13.7.